The van der Waals surface area contributed by atoms with Gasteiger partial charge in [-0.3, -0.25) is 0 Å². The van der Waals surface area contributed by atoms with Crippen molar-refractivity contribution in [3.8, 4) is 28.7 Å². The van der Waals surface area contributed by atoms with Crippen molar-refractivity contribution >= 4 is 50.4 Å². The lowest BCUT2D eigenvalue weighted by Gasteiger charge is -2.45. The van der Waals surface area contributed by atoms with Crippen LogP contribution in [0.4, 0.5) is 28.4 Å². The third-order valence-corrected chi connectivity index (χ3v) is 9.94. The minimum atomic E-state index is -0.384. The van der Waals surface area contributed by atoms with Crippen LogP contribution in [-0.2, 0) is 10.8 Å². The number of nitrogens with zero attached hydrogens (tertiary/aromatic N) is 4. The molecule has 0 fully saturated rings. The van der Waals surface area contributed by atoms with Gasteiger partial charge in [0.15, 0.2) is 11.5 Å². The summed E-state index contributed by atoms with van der Waals surface area (Å²) in [5, 5.41) is 12.9. The normalized spacial score (nSPS) is 15.5. The first-order valence-corrected chi connectivity index (χ1v) is 15.7. The van der Waals surface area contributed by atoms with E-state index in [0.717, 1.165) is 51.5 Å². The first-order valence-electron chi connectivity index (χ1n) is 15.7. The lowest BCUT2D eigenvalue weighted by atomic mass is 9.61. The van der Waals surface area contributed by atoms with Crippen molar-refractivity contribution in [3.05, 3.63) is 124 Å². The van der Waals surface area contributed by atoms with E-state index in [1.165, 1.54) is 0 Å². The van der Waals surface area contributed by atoms with E-state index in [9.17, 15) is 5.26 Å². The van der Waals surface area contributed by atoms with Crippen LogP contribution in [0.25, 0.3) is 42.8 Å². The molecule has 2 heterocycles. The molecule has 0 saturated carbocycles. The number of ether oxygens (including phenoxy) is 1. The molecule has 0 atom stereocenters. The van der Waals surface area contributed by atoms with Crippen LogP contribution in [0.15, 0.2) is 89.3 Å². The molecule has 2 aliphatic rings. The highest BCUT2D eigenvalue weighted by Crippen LogP contribution is 2.62. The van der Waals surface area contributed by atoms with Gasteiger partial charge in [0, 0.05) is 16.8 Å². The van der Waals surface area contributed by atoms with Crippen LogP contribution >= 0.6 is 0 Å². The molecule has 0 amide bonds. The molecule has 0 radical (unpaired) electrons. The summed E-state index contributed by atoms with van der Waals surface area (Å²) >= 11 is 0. The second kappa shape index (κ2) is 9.98. The average molecular weight is 611 g/mol. The minimum Gasteiger partial charge on any atom is -0.456 e. The molecule has 6 heteroatoms. The third kappa shape index (κ3) is 4.07. The van der Waals surface area contributed by atoms with Crippen molar-refractivity contribution < 1.29 is 9.15 Å². The molecule has 0 bridgehead atoms. The molecule has 0 unspecified atom stereocenters. The summed E-state index contributed by atoms with van der Waals surface area (Å²) in [6.45, 7) is 25.4. The molecule has 0 N–H and O–H groups in total. The Labute approximate surface area is 273 Å². The van der Waals surface area contributed by atoms with Crippen LogP contribution in [0.1, 0.15) is 57.2 Å². The van der Waals surface area contributed by atoms with Crippen LogP contribution in [0.3, 0.4) is 0 Å². The number of para-hydroxylation sites is 1. The Balaban J connectivity index is 1.51. The number of anilines is 3. The maximum Gasteiger partial charge on any atom is 0.219 e. The summed E-state index contributed by atoms with van der Waals surface area (Å²) in [6, 6.07) is 30.4. The number of benzene rings is 5. The smallest absolute Gasteiger partial charge is 0.219 e. The summed E-state index contributed by atoms with van der Waals surface area (Å²) in [7, 11) is 0. The molecule has 1 aliphatic carbocycles. The van der Waals surface area contributed by atoms with Crippen molar-refractivity contribution in [2.45, 2.75) is 51.4 Å². The first kappa shape index (κ1) is 28.4. The second-order valence-corrected chi connectivity index (χ2v) is 13.7. The Hall–Kier alpha value is -6.03. The van der Waals surface area contributed by atoms with Gasteiger partial charge >= 0.3 is 0 Å². The quantitative estimate of drug-likeness (QED) is 0.183. The fourth-order valence-corrected chi connectivity index (χ4v) is 7.54. The van der Waals surface area contributed by atoms with Crippen molar-refractivity contribution in [2.24, 2.45) is 0 Å². The highest BCUT2D eigenvalue weighted by Gasteiger charge is 2.44. The Morgan fingerprint density at radius 3 is 2.11 bits per heavy atom. The summed E-state index contributed by atoms with van der Waals surface area (Å²) < 4.78 is 12.9. The molecule has 1 aliphatic heterocycles. The summed E-state index contributed by atoms with van der Waals surface area (Å²) in [6.07, 6.45) is 1.71. The number of furan rings is 1. The molecule has 0 spiro atoms. The molecule has 1 aromatic heterocycles. The highest BCUT2D eigenvalue weighted by atomic mass is 16.5. The largest absolute Gasteiger partial charge is 0.456 e. The summed E-state index contributed by atoms with van der Waals surface area (Å²) in [5.74, 6) is 1.12. The van der Waals surface area contributed by atoms with Gasteiger partial charge < -0.3 is 14.1 Å². The summed E-state index contributed by atoms with van der Waals surface area (Å²) in [5.41, 5.74) is 7.08. The number of fused-ring (bicyclic) bond motifs is 6. The van der Waals surface area contributed by atoms with E-state index < -0.39 is 0 Å². The molecule has 8 rings (SSSR count). The van der Waals surface area contributed by atoms with Crippen LogP contribution in [0.5, 0.6) is 11.5 Å². The molecule has 5 aromatic carbocycles. The molecule has 47 heavy (non-hydrogen) atoms. The topological polar surface area (TPSA) is 58.1 Å². The Morgan fingerprint density at radius 1 is 0.702 bits per heavy atom. The van der Waals surface area contributed by atoms with E-state index in [0.29, 0.717) is 45.4 Å². The van der Waals surface area contributed by atoms with Gasteiger partial charge in [-0.25, -0.2) is 9.69 Å². The van der Waals surface area contributed by atoms with E-state index in [2.05, 4.69) is 55.6 Å². The van der Waals surface area contributed by atoms with E-state index in [4.69, 9.17) is 22.3 Å². The van der Waals surface area contributed by atoms with Crippen molar-refractivity contribution in [2.75, 3.05) is 4.90 Å². The molecular formula is C41H30N4O2. The van der Waals surface area contributed by atoms with Gasteiger partial charge in [0.2, 0.25) is 11.4 Å². The lowest BCUT2D eigenvalue weighted by Crippen LogP contribution is -2.35. The van der Waals surface area contributed by atoms with Crippen LogP contribution in [-0.4, -0.2) is 0 Å². The number of hydrogen-bond acceptors (Lipinski definition) is 4. The van der Waals surface area contributed by atoms with Gasteiger partial charge in [-0.2, -0.15) is 5.26 Å². The van der Waals surface area contributed by atoms with Gasteiger partial charge in [0.25, 0.3) is 0 Å². The number of rotatable bonds is 2. The third-order valence-electron chi connectivity index (χ3n) is 9.94. The zero-order chi connectivity index (χ0) is 32.7. The monoisotopic (exact) mass is 610 g/mol. The standard InChI is InChI=1S/C41H30N4O2/c1-40(2)18-19-41(3,4)36-35(40)28(23-42)39(38(44-6)37(36)43-5)45-29-17-16-25(24-12-8-7-9-13-24)20-33(29)47-34-22-32-27(21-30(34)45)26-14-10-11-15-31(26)46-32/h7-17,20-22H,18-19H2,1-4H3. The van der Waals surface area contributed by atoms with Crippen molar-refractivity contribution in [3.63, 3.8) is 0 Å². The Kier molecular flexibility index (Phi) is 6.04. The van der Waals surface area contributed by atoms with Gasteiger partial charge in [-0.05, 0) is 70.2 Å². The predicted molar refractivity (Wildman–Crippen MR) is 186 cm³/mol. The summed E-state index contributed by atoms with van der Waals surface area (Å²) in [4.78, 5) is 10.1. The maximum absolute atomic E-state index is 11.1. The fraction of sp³-hybridized carbons (Fsp3) is 0.195. The molecule has 226 valence electrons. The lowest BCUT2D eigenvalue weighted by molar-refractivity contribution is 0.333. The molecular weight excluding hydrogens is 580 g/mol. The van der Waals surface area contributed by atoms with E-state index in [1.54, 1.807) is 0 Å². The number of nitriles is 1. The second-order valence-electron chi connectivity index (χ2n) is 13.7. The van der Waals surface area contributed by atoms with E-state index in [-0.39, 0.29) is 16.5 Å². The van der Waals surface area contributed by atoms with Gasteiger partial charge in [0.05, 0.1) is 35.8 Å². The van der Waals surface area contributed by atoms with Crippen LogP contribution < -0.4 is 9.64 Å². The predicted octanol–water partition coefficient (Wildman–Crippen LogP) is 12.2. The van der Waals surface area contributed by atoms with Gasteiger partial charge in [-0.1, -0.05) is 82.3 Å². The van der Waals surface area contributed by atoms with Crippen molar-refractivity contribution in [1.29, 1.82) is 5.26 Å². The van der Waals surface area contributed by atoms with Gasteiger partial charge in [0.1, 0.15) is 17.2 Å². The van der Waals surface area contributed by atoms with E-state index >= 15 is 0 Å². The van der Waals surface area contributed by atoms with Crippen LogP contribution in [0, 0.1) is 24.5 Å². The maximum atomic E-state index is 11.1. The Bertz CT molecular complexity index is 2430. The Morgan fingerprint density at radius 2 is 1.38 bits per heavy atom. The minimum absolute atomic E-state index is 0.184. The highest BCUT2D eigenvalue weighted by molar-refractivity contribution is 6.09. The molecule has 6 nitrogen and oxygen atoms in total. The molecule has 6 aromatic rings. The zero-order valence-electron chi connectivity index (χ0n) is 26.6. The zero-order valence-corrected chi connectivity index (χ0v) is 26.6. The van der Waals surface area contributed by atoms with Crippen LogP contribution in [0.2, 0.25) is 0 Å². The van der Waals surface area contributed by atoms with E-state index in [1.807, 2.05) is 77.7 Å². The number of hydrogen-bond donors (Lipinski definition) is 0. The molecule has 0 saturated heterocycles. The SMILES string of the molecule is [C-]#[N+]c1c([N+]#[C-])c2c(c(C#N)c1N1c3ccc(-c4ccccc4)cc3Oc3cc4oc5ccccc5c4cc31)C(C)(C)CCC2(C)C. The fourth-order valence-electron chi connectivity index (χ4n) is 7.54. The van der Waals surface area contributed by atoms with Crippen molar-refractivity contribution in [1.82, 2.24) is 0 Å². The average Bonchev–Trinajstić information content (AvgIpc) is 3.44. The first-order chi connectivity index (χ1) is 22.7. The van der Waals surface area contributed by atoms with Gasteiger partial charge in [-0.15, -0.1) is 0 Å².